The number of nitrogens with zero attached hydrogens (tertiary/aromatic N) is 1. The summed E-state index contributed by atoms with van der Waals surface area (Å²) in [7, 11) is -1.66. The zero-order valence-electron chi connectivity index (χ0n) is 11.9. The predicted molar refractivity (Wildman–Crippen MR) is 80.5 cm³/mol. The summed E-state index contributed by atoms with van der Waals surface area (Å²) >= 11 is 0. The first-order valence-electron chi connectivity index (χ1n) is 6.74. The number of likely N-dealkylation sites (N-methyl/N-ethyl adjacent to an activating group) is 1. The largest absolute Gasteiger partial charge is 0.336 e. The fourth-order valence-electron chi connectivity index (χ4n) is 2.35. The number of amides is 2. The molecule has 1 saturated heterocycles. The molecule has 0 saturated carbocycles. The maximum absolute atomic E-state index is 11.8. The van der Waals surface area contributed by atoms with Crippen LogP contribution in [0.1, 0.15) is 12.8 Å². The monoisotopic (exact) mass is 312 g/mol. The molecular weight excluding hydrogens is 292 g/mol. The van der Waals surface area contributed by atoms with Crippen LogP contribution in [0.4, 0.5) is 10.5 Å². The van der Waals surface area contributed by atoms with Crippen molar-refractivity contribution in [1.82, 2.24) is 10.2 Å². The standard InChI is InChI=1S/C13H20N4O3S/c1-17-8-2-3-11(17)9-15-13(18)16-10-4-6-12(7-5-10)21(14,19)20/h4-7,11H,2-3,8-9H2,1H3,(H2,14,19,20)(H2,15,16,18). The molecule has 1 unspecified atom stereocenters. The van der Waals surface area contributed by atoms with Crippen LogP contribution in [0, 0.1) is 0 Å². The lowest BCUT2D eigenvalue weighted by atomic mass is 10.2. The van der Waals surface area contributed by atoms with Gasteiger partial charge in [0, 0.05) is 18.3 Å². The van der Waals surface area contributed by atoms with Gasteiger partial charge >= 0.3 is 6.03 Å². The molecule has 0 aromatic heterocycles. The predicted octanol–water partition coefficient (Wildman–Crippen LogP) is 0.550. The lowest BCUT2D eigenvalue weighted by Gasteiger charge is -2.19. The Kier molecular flexibility index (Phi) is 4.81. The fraction of sp³-hybridized carbons (Fsp3) is 0.462. The average molecular weight is 312 g/mol. The minimum absolute atomic E-state index is 0.0149. The van der Waals surface area contributed by atoms with E-state index in [1.54, 1.807) is 0 Å². The minimum atomic E-state index is -3.71. The van der Waals surface area contributed by atoms with E-state index in [9.17, 15) is 13.2 Å². The summed E-state index contributed by atoms with van der Waals surface area (Å²) in [5.74, 6) is 0. The van der Waals surface area contributed by atoms with Gasteiger partial charge in [-0.3, -0.25) is 0 Å². The van der Waals surface area contributed by atoms with Crippen LogP contribution in [-0.4, -0.2) is 45.5 Å². The van der Waals surface area contributed by atoms with Crippen molar-refractivity contribution in [3.8, 4) is 0 Å². The van der Waals surface area contributed by atoms with Crippen molar-refractivity contribution < 1.29 is 13.2 Å². The van der Waals surface area contributed by atoms with E-state index < -0.39 is 10.0 Å². The zero-order valence-corrected chi connectivity index (χ0v) is 12.7. The number of primary sulfonamides is 1. The molecule has 0 bridgehead atoms. The summed E-state index contributed by atoms with van der Waals surface area (Å²) in [5.41, 5.74) is 0.514. The first-order valence-corrected chi connectivity index (χ1v) is 8.29. The number of carbonyl (C=O) groups is 1. The summed E-state index contributed by atoms with van der Waals surface area (Å²) in [6.07, 6.45) is 2.24. The molecule has 1 aliphatic heterocycles. The number of rotatable bonds is 4. The minimum Gasteiger partial charge on any atom is -0.336 e. The van der Waals surface area contributed by atoms with Crippen molar-refractivity contribution in [3.63, 3.8) is 0 Å². The Morgan fingerprint density at radius 2 is 2.05 bits per heavy atom. The number of urea groups is 1. The van der Waals surface area contributed by atoms with Crippen LogP contribution in [0.5, 0.6) is 0 Å². The third-order valence-electron chi connectivity index (χ3n) is 3.61. The molecule has 116 valence electrons. The number of nitrogens with one attached hydrogen (secondary N) is 2. The molecule has 0 spiro atoms. The molecule has 1 heterocycles. The number of carbonyl (C=O) groups excluding carboxylic acids is 1. The van der Waals surface area contributed by atoms with Crippen molar-refractivity contribution in [2.45, 2.75) is 23.8 Å². The van der Waals surface area contributed by atoms with E-state index in [-0.39, 0.29) is 10.9 Å². The molecule has 1 aliphatic rings. The van der Waals surface area contributed by atoms with Crippen molar-refractivity contribution >= 4 is 21.7 Å². The number of benzene rings is 1. The number of sulfonamides is 1. The summed E-state index contributed by atoms with van der Waals surface area (Å²) in [6, 6.07) is 5.78. The van der Waals surface area contributed by atoms with Gasteiger partial charge in [0.05, 0.1) is 4.90 Å². The highest BCUT2D eigenvalue weighted by molar-refractivity contribution is 7.89. The van der Waals surface area contributed by atoms with Gasteiger partial charge in [0.2, 0.25) is 10.0 Å². The van der Waals surface area contributed by atoms with Gasteiger partial charge < -0.3 is 15.5 Å². The molecule has 1 atom stereocenters. The lowest BCUT2D eigenvalue weighted by Crippen LogP contribution is -2.40. The first kappa shape index (κ1) is 15.7. The maximum Gasteiger partial charge on any atom is 0.319 e. The van der Waals surface area contributed by atoms with Crippen molar-refractivity contribution in [3.05, 3.63) is 24.3 Å². The Morgan fingerprint density at radius 3 is 2.57 bits per heavy atom. The van der Waals surface area contributed by atoms with Crippen molar-refractivity contribution in [2.75, 3.05) is 25.5 Å². The lowest BCUT2D eigenvalue weighted by molar-refractivity contribution is 0.245. The van der Waals surface area contributed by atoms with E-state index in [0.717, 1.165) is 19.4 Å². The van der Waals surface area contributed by atoms with Crippen molar-refractivity contribution in [2.24, 2.45) is 5.14 Å². The Morgan fingerprint density at radius 1 is 1.38 bits per heavy atom. The third-order valence-corrected chi connectivity index (χ3v) is 4.54. The van der Waals surface area contributed by atoms with Crippen LogP contribution < -0.4 is 15.8 Å². The van der Waals surface area contributed by atoms with Crippen LogP contribution in [0.15, 0.2) is 29.2 Å². The van der Waals surface area contributed by atoms with Gasteiger partial charge in [-0.05, 0) is 50.7 Å². The molecule has 2 amide bonds. The second kappa shape index (κ2) is 6.42. The zero-order chi connectivity index (χ0) is 15.5. The highest BCUT2D eigenvalue weighted by Crippen LogP contribution is 2.14. The highest BCUT2D eigenvalue weighted by Gasteiger charge is 2.20. The summed E-state index contributed by atoms with van der Waals surface area (Å²) in [6.45, 7) is 1.65. The number of anilines is 1. The van der Waals surface area contributed by atoms with E-state index in [4.69, 9.17) is 5.14 Å². The highest BCUT2D eigenvalue weighted by atomic mass is 32.2. The van der Waals surface area contributed by atoms with E-state index in [1.807, 2.05) is 7.05 Å². The van der Waals surface area contributed by atoms with Crippen LogP contribution in [-0.2, 0) is 10.0 Å². The first-order chi connectivity index (χ1) is 9.86. The molecule has 8 heteroatoms. The molecule has 1 aromatic rings. The van der Waals surface area contributed by atoms with Crippen LogP contribution in [0.25, 0.3) is 0 Å². The van der Waals surface area contributed by atoms with Gasteiger partial charge in [-0.15, -0.1) is 0 Å². The molecule has 21 heavy (non-hydrogen) atoms. The summed E-state index contributed by atoms with van der Waals surface area (Å²) in [5, 5.41) is 10.5. The second-order valence-corrected chi connectivity index (χ2v) is 6.74. The second-order valence-electron chi connectivity index (χ2n) is 5.18. The molecule has 0 radical (unpaired) electrons. The molecule has 0 aliphatic carbocycles. The van der Waals surface area contributed by atoms with Gasteiger partial charge in [0.1, 0.15) is 0 Å². The Bertz CT molecular complexity index is 600. The van der Waals surface area contributed by atoms with E-state index in [0.29, 0.717) is 18.3 Å². The van der Waals surface area contributed by atoms with Crippen LogP contribution in [0.3, 0.4) is 0 Å². The Hall–Kier alpha value is -1.64. The number of hydrogen-bond acceptors (Lipinski definition) is 4. The van der Waals surface area contributed by atoms with Gasteiger partial charge in [-0.1, -0.05) is 0 Å². The maximum atomic E-state index is 11.8. The molecule has 4 N–H and O–H groups in total. The average Bonchev–Trinajstić information content (AvgIpc) is 2.81. The smallest absolute Gasteiger partial charge is 0.319 e. The van der Waals surface area contributed by atoms with E-state index in [1.165, 1.54) is 24.3 Å². The molecule has 1 aromatic carbocycles. The van der Waals surface area contributed by atoms with Crippen LogP contribution >= 0.6 is 0 Å². The topological polar surface area (TPSA) is 105 Å². The molecule has 1 fully saturated rings. The van der Waals surface area contributed by atoms with Crippen LogP contribution in [0.2, 0.25) is 0 Å². The normalized spacial score (nSPS) is 19.4. The number of hydrogen-bond donors (Lipinski definition) is 3. The Labute approximate surface area is 124 Å². The fourth-order valence-corrected chi connectivity index (χ4v) is 2.87. The summed E-state index contributed by atoms with van der Waals surface area (Å²) in [4.78, 5) is 14.0. The third kappa shape index (κ3) is 4.42. The van der Waals surface area contributed by atoms with E-state index >= 15 is 0 Å². The van der Waals surface area contributed by atoms with Gasteiger partial charge in [-0.2, -0.15) is 0 Å². The summed E-state index contributed by atoms with van der Waals surface area (Å²) < 4.78 is 22.2. The van der Waals surface area contributed by atoms with Crippen molar-refractivity contribution in [1.29, 1.82) is 0 Å². The van der Waals surface area contributed by atoms with E-state index in [2.05, 4.69) is 15.5 Å². The van der Waals surface area contributed by atoms with Gasteiger partial charge in [0.25, 0.3) is 0 Å². The van der Waals surface area contributed by atoms with Gasteiger partial charge in [0.15, 0.2) is 0 Å². The molecule has 2 rings (SSSR count). The number of likely N-dealkylation sites (tertiary alicyclic amines) is 1. The number of nitrogens with two attached hydrogens (primary N) is 1. The van der Waals surface area contributed by atoms with Gasteiger partial charge in [-0.25, -0.2) is 18.4 Å². The quantitative estimate of drug-likeness (QED) is 0.755. The Balaban J connectivity index is 1.85. The molecule has 7 nitrogen and oxygen atoms in total. The SMILES string of the molecule is CN1CCCC1CNC(=O)Nc1ccc(S(N)(=O)=O)cc1. The molecular formula is C13H20N4O3S.